The van der Waals surface area contributed by atoms with Gasteiger partial charge < -0.3 is 0 Å². The van der Waals surface area contributed by atoms with Gasteiger partial charge in [0.05, 0.1) is 0 Å². The molecule has 10 atom stereocenters. The minimum absolute atomic E-state index is 0.342. The minimum atomic E-state index is 0.342. The molecule has 36 heavy (non-hydrogen) atoms. The van der Waals surface area contributed by atoms with Crippen LogP contribution in [0.25, 0.3) is 0 Å². The molecule has 1 nitrogen and oxygen atoms in total. The van der Waals surface area contributed by atoms with Crippen molar-refractivity contribution in [2.45, 2.75) is 120 Å². The Hall–Kier alpha value is -0.850. The lowest BCUT2D eigenvalue weighted by molar-refractivity contribution is -0.237. The summed E-state index contributed by atoms with van der Waals surface area (Å²) < 4.78 is 0. The van der Waals surface area contributed by atoms with E-state index in [1.165, 1.54) is 75.5 Å². The topological polar surface area (TPSA) is 12.4 Å². The van der Waals surface area contributed by atoms with Gasteiger partial charge in [0.25, 0.3) is 0 Å². The second-order valence-corrected chi connectivity index (χ2v) is 15.4. The number of hydrogen-bond donors (Lipinski definition) is 0. The lowest BCUT2D eigenvalue weighted by atomic mass is 9.32. The monoisotopic (exact) mass is 493 g/mol. The van der Waals surface area contributed by atoms with Gasteiger partial charge in [-0.25, -0.2) is 0 Å². The zero-order valence-corrected chi connectivity index (χ0v) is 25.6. The van der Waals surface area contributed by atoms with E-state index >= 15 is 0 Å². The number of hydrogen-bond acceptors (Lipinski definition) is 1. The van der Waals surface area contributed by atoms with Crippen molar-refractivity contribution < 1.29 is 0 Å². The third kappa shape index (κ3) is 3.42. The fourth-order valence-electron chi connectivity index (χ4n) is 12.2. The summed E-state index contributed by atoms with van der Waals surface area (Å²) in [5.74, 6) is 4.95. The van der Waals surface area contributed by atoms with Crippen LogP contribution in [0.15, 0.2) is 30.3 Å². The highest BCUT2D eigenvalue weighted by molar-refractivity contribution is 5.89. The predicted octanol–water partition coefficient (Wildman–Crippen LogP) is 10.2. The van der Waals surface area contributed by atoms with Crippen LogP contribution in [0.4, 0.5) is 0 Å². The first-order valence-corrected chi connectivity index (χ1v) is 15.4. The van der Waals surface area contributed by atoms with Crippen LogP contribution in [0.5, 0.6) is 0 Å². The van der Waals surface area contributed by atoms with Gasteiger partial charge in [-0.3, -0.25) is 4.99 Å². The van der Waals surface area contributed by atoms with Crippen LogP contribution >= 0.6 is 0 Å². The van der Waals surface area contributed by atoms with E-state index in [4.69, 9.17) is 4.99 Å². The molecule has 0 heterocycles. The number of allylic oxidation sites excluding steroid dienone is 1. The van der Waals surface area contributed by atoms with E-state index in [0.29, 0.717) is 33.0 Å². The molecule has 0 aliphatic heterocycles. The highest BCUT2D eigenvalue weighted by Gasteiger charge is 2.70. The largest absolute Gasteiger partial charge is 0.297 e. The van der Waals surface area contributed by atoms with Crippen LogP contribution in [0.1, 0.15) is 120 Å². The third-order valence-corrected chi connectivity index (χ3v) is 14.7. The van der Waals surface area contributed by atoms with Crippen LogP contribution < -0.4 is 0 Å². The third-order valence-electron chi connectivity index (χ3n) is 14.7. The first-order valence-electron chi connectivity index (χ1n) is 15.4. The zero-order chi connectivity index (χ0) is 26.9. The maximum absolute atomic E-state index is 4.87. The molecule has 5 saturated carbocycles. The average molecular weight is 494 g/mol. The van der Waals surface area contributed by atoms with Gasteiger partial charge in [0.1, 0.15) is 0 Å². The fourth-order valence-corrected chi connectivity index (χ4v) is 12.2. The summed E-state index contributed by atoms with van der Waals surface area (Å²) >= 11 is 0. The van der Waals surface area contributed by atoms with Crippen LogP contribution in [-0.4, -0.2) is 12.8 Å². The second-order valence-electron chi connectivity index (χ2n) is 15.4. The van der Waals surface area contributed by atoms with Gasteiger partial charge in [-0.1, -0.05) is 53.7 Å². The molecule has 0 spiro atoms. The number of rotatable bonds is 2. The Balaban J connectivity index is 0.00000148. The van der Waals surface area contributed by atoms with E-state index < -0.39 is 0 Å². The molecule has 5 aliphatic rings. The van der Waals surface area contributed by atoms with E-state index in [1.54, 1.807) is 0 Å². The van der Waals surface area contributed by atoms with E-state index in [2.05, 4.69) is 82.2 Å². The van der Waals surface area contributed by atoms with Gasteiger partial charge in [-0.2, -0.15) is 0 Å². The number of nitrogens with zero attached hydrogens (tertiary/aromatic N) is 1. The van der Waals surface area contributed by atoms with Crippen LogP contribution in [0.2, 0.25) is 0 Å². The van der Waals surface area contributed by atoms with Gasteiger partial charge in [-0.05, 0) is 135 Å². The van der Waals surface area contributed by atoms with Gasteiger partial charge in [0.2, 0.25) is 0 Å². The maximum Gasteiger partial charge on any atom is 0.0276 e. The quantitative estimate of drug-likeness (QED) is 0.268. The summed E-state index contributed by atoms with van der Waals surface area (Å²) in [6.07, 6.45) is 14.2. The van der Waals surface area contributed by atoms with Crippen molar-refractivity contribution in [2.75, 3.05) is 7.05 Å². The van der Waals surface area contributed by atoms with Crippen LogP contribution in [0, 0.1) is 62.6 Å². The van der Waals surface area contributed by atoms with Crippen molar-refractivity contribution in [2.24, 2.45) is 67.6 Å². The van der Waals surface area contributed by atoms with Gasteiger partial charge >= 0.3 is 0 Å². The Morgan fingerprint density at radius 3 is 2.03 bits per heavy atom. The van der Waals surface area contributed by atoms with E-state index in [-0.39, 0.29) is 0 Å². The molecule has 0 N–H and O–H groups in total. The molecule has 0 aromatic heterocycles. The molecule has 0 saturated heterocycles. The molecule has 0 aromatic carbocycles. The van der Waals surface area contributed by atoms with Crippen molar-refractivity contribution in [3.63, 3.8) is 0 Å². The second kappa shape index (κ2) is 9.12. The van der Waals surface area contributed by atoms with Crippen molar-refractivity contribution >= 4 is 5.71 Å². The molecule has 5 fully saturated rings. The molecular formula is C35H59N. The molecule has 1 heteroatoms. The highest BCUT2D eigenvalue weighted by atomic mass is 14.8. The molecule has 0 aromatic rings. The van der Waals surface area contributed by atoms with Crippen molar-refractivity contribution in [3.05, 3.63) is 25.3 Å². The number of fused-ring (bicyclic) bond motifs is 7. The standard InChI is InChI=1S/C33H55N.C2H4/c1-21(2)24-14-18-33(23(4)34-10)20-19-31(8)25(28(24)33)11-12-27-30(7)16-13-22(3)29(5,6)26(30)15-17-32(27,31)9;1-2/h22,24-28H,1,11-20H2,2-10H3;1-2H2. The normalized spacial score (nSPS) is 51.5. The van der Waals surface area contributed by atoms with Gasteiger partial charge in [0, 0.05) is 18.2 Å². The Labute approximate surface area is 225 Å². The number of aliphatic imine (C=N–C) groups is 1. The maximum atomic E-state index is 4.87. The van der Waals surface area contributed by atoms with Crippen LogP contribution in [-0.2, 0) is 0 Å². The van der Waals surface area contributed by atoms with Gasteiger partial charge in [0.15, 0.2) is 0 Å². The summed E-state index contributed by atoms with van der Waals surface area (Å²) in [5, 5.41) is 0. The molecule has 5 rings (SSSR count). The molecule has 0 amide bonds. The van der Waals surface area contributed by atoms with E-state index in [9.17, 15) is 0 Å². The summed E-state index contributed by atoms with van der Waals surface area (Å²) in [7, 11) is 2.05. The molecule has 5 aliphatic carbocycles. The lowest BCUT2D eigenvalue weighted by Gasteiger charge is -2.73. The average Bonchev–Trinajstić information content (AvgIpc) is 3.24. The Morgan fingerprint density at radius 2 is 1.42 bits per heavy atom. The highest BCUT2D eigenvalue weighted by Crippen LogP contribution is 2.77. The Bertz CT molecular complexity index is 896. The van der Waals surface area contributed by atoms with Crippen LogP contribution in [0.3, 0.4) is 0 Å². The van der Waals surface area contributed by atoms with E-state index in [1.807, 2.05) is 0 Å². The minimum Gasteiger partial charge on any atom is -0.297 e. The lowest BCUT2D eigenvalue weighted by Crippen LogP contribution is -2.66. The molecule has 0 radical (unpaired) electrons. The molecule has 10 unspecified atom stereocenters. The Kier molecular flexibility index (Phi) is 7.13. The van der Waals surface area contributed by atoms with E-state index in [0.717, 1.165) is 29.6 Å². The van der Waals surface area contributed by atoms with Gasteiger partial charge in [-0.15, -0.1) is 13.2 Å². The Morgan fingerprint density at radius 1 is 0.750 bits per heavy atom. The smallest absolute Gasteiger partial charge is 0.0276 e. The van der Waals surface area contributed by atoms with Crippen molar-refractivity contribution in [1.82, 2.24) is 0 Å². The first-order chi connectivity index (χ1) is 16.8. The predicted molar refractivity (Wildman–Crippen MR) is 158 cm³/mol. The zero-order valence-electron chi connectivity index (χ0n) is 25.6. The SMILES string of the molecule is C=C.C=C(C)C1CCC2(C(C)=NC)CCC3(C)C(CCC4C5(C)CCC(C)C(C)(C)C5CCC43C)C12. The molecule has 204 valence electrons. The summed E-state index contributed by atoms with van der Waals surface area (Å²) in [6, 6.07) is 0. The molecule has 0 bridgehead atoms. The summed E-state index contributed by atoms with van der Waals surface area (Å²) in [6.45, 7) is 31.3. The molecular weight excluding hydrogens is 434 g/mol. The summed E-state index contributed by atoms with van der Waals surface area (Å²) in [4.78, 5) is 4.87. The fraction of sp³-hybridized carbons (Fsp3) is 0.857. The summed E-state index contributed by atoms with van der Waals surface area (Å²) in [5.41, 5.74) is 5.19. The van der Waals surface area contributed by atoms with Crippen molar-refractivity contribution in [1.29, 1.82) is 0 Å². The van der Waals surface area contributed by atoms with Crippen molar-refractivity contribution in [3.8, 4) is 0 Å². The first kappa shape index (κ1) is 28.2.